The Balaban J connectivity index is 1.90. The van der Waals surface area contributed by atoms with Crippen LogP contribution in [0.2, 0.25) is 0 Å². The first-order valence-corrected chi connectivity index (χ1v) is 8.26. The highest BCUT2D eigenvalue weighted by Gasteiger charge is 2.30. The highest BCUT2D eigenvalue weighted by atomic mass is 16.2. The molecule has 4 heteroatoms. The molecule has 21 heavy (non-hydrogen) atoms. The van der Waals surface area contributed by atoms with Crippen LogP contribution in [0.3, 0.4) is 0 Å². The van der Waals surface area contributed by atoms with Gasteiger partial charge in [0.15, 0.2) is 0 Å². The van der Waals surface area contributed by atoms with E-state index in [1.807, 2.05) is 12.3 Å². The summed E-state index contributed by atoms with van der Waals surface area (Å²) >= 11 is 0. The monoisotopic (exact) mass is 291 g/mol. The van der Waals surface area contributed by atoms with E-state index in [1.165, 1.54) is 5.69 Å². The van der Waals surface area contributed by atoms with Crippen LogP contribution in [-0.4, -0.2) is 28.9 Å². The number of hydrogen-bond donors (Lipinski definition) is 2. The lowest BCUT2D eigenvalue weighted by Crippen LogP contribution is -2.31. The third kappa shape index (κ3) is 4.10. The molecule has 4 nitrogen and oxygen atoms in total. The molecular weight excluding hydrogens is 262 g/mol. The van der Waals surface area contributed by atoms with Crippen molar-refractivity contribution in [1.82, 2.24) is 9.88 Å². The van der Waals surface area contributed by atoms with E-state index in [0.717, 1.165) is 32.2 Å². The van der Waals surface area contributed by atoms with Gasteiger partial charge < -0.3 is 15.6 Å². The van der Waals surface area contributed by atoms with Gasteiger partial charge in [0.2, 0.25) is 5.91 Å². The van der Waals surface area contributed by atoms with Gasteiger partial charge in [-0.2, -0.15) is 0 Å². The molecule has 1 aliphatic heterocycles. The van der Waals surface area contributed by atoms with Crippen LogP contribution in [0.5, 0.6) is 0 Å². The normalized spacial score (nSPS) is 20.2. The molecular formula is C17H29N3O. The summed E-state index contributed by atoms with van der Waals surface area (Å²) in [6.07, 6.45) is 6.74. The minimum Gasteiger partial charge on any atom is -0.363 e. The van der Waals surface area contributed by atoms with Crippen LogP contribution in [-0.2, 0) is 4.79 Å². The maximum Gasteiger partial charge on any atom is 0.223 e. The first-order valence-electron chi connectivity index (χ1n) is 8.26. The average Bonchev–Trinajstić information content (AvgIpc) is 3.11. The average molecular weight is 291 g/mol. The molecule has 3 N–H and O–H groups in total. The molecule has 118 valence electrons. The van der Waals surface area contributed by atoms with Crippen molar-refractivity contribution in [2.24, 2.45) is 17.6 Å². The molecule has 1 amide bonds. The lowest BCUT2D eigenvalue weighted by molar-refractivity contribution is -0.132. The van der Waals surface area contributed by atoms with Crippen LogP contribution in [0.1, 0.15) is 57.7 Å². The van der Waals surface area contributed by atoms with Gasteiger partial charge in [0.25, 0.3) is 0 Å². The standard InChI is InChI=1S/C17H29N3O/c1-13(2)14(9-10-18)7-8-17(21)20-12-4-6-16(20)15-5-3-11-19-15/h3,5,11,13-14,16,19H,4,6-10,12,18H2,1-2H3. The van der Waals surface area contributed by atoms with E-state index in [1.54, 1.807) is 0 Å². The molecule has 2 heterocycles. The number of aromatic nitrogens is 1. The fourth-order valence-electron chi connectivity index (χ4n) is 3.42. The quantitative estimate of drug-likeness (QED) is 0.811. The van der Waals surface area contributed by atoms with Gasteiger partial charge >= 0.3 is 0 Å². The molecule has 1 saturated heterocycles. The van der Waals surface area contributed by atoms with Crippen LogP contribution in [0, 0.1) is 11.8 Å². The molecule has 0 radical (unpaired) electrons. The van der Waals surface area contributed by atoms with Crippen LogP contribution in [0.25, 0.3) is 0 Å². The topological polar surface area (TPSA) is 62.1 Å². The Bertz CT molecular complexity index is 427. The van der Waals surface area contributed by atoms with Crippen molar-refractivity contribution < 1.29 is 4.79 Å². The molecule has 2 rings (SSSR count). The van der Waals surface area contributed by atoms with Gasteiger partial charge in [-0.05, 0) is 56.2 Å². The van der Waals surface area contributed by atoms with Gasteiger partial charge in [-0.1, -0.05) is 13.8 Å². The third-order valence-corrected chi connectivity index (χ3v) is 4.76. The maximum atomic E-state index is 12.6. The second kappa shape index (κ2) is 7.64. The van der Waals surface area contributed by atoms with E-state index >= 15 is 0 Å². The summed E-state index contributed by atoms with van der Waals surface area (Å²) in [6.45, 7) is 6.06. The second-order valence-electron chi connectivity index (χ2n) is 6.49. The van der Waals surface area contributed by atoms with Gasteiger partial charge in [0.1, 0.15) is 0 Å². The minimum atomic E-state index is 0.250. The van der Waals surface area contributed by atoms with Crippen molar-refractivity contribution in [3.05, 3.63) is 24.0 Å². The molecule has 0 aliphatic carbocycles. The number of likely N-dealkylation sites (tertiary alicyclic amines) is 1. The Morgan fingerprint density at radius 3 is 2.90 bits per heavy atom. The molecule has 2 atom stereocenters. The predicted octanol–water partition coefficient (Wildman–Crippen LogP) is 3.08. The van der Waals surface area contributed by atoms with Gasteiger partial charge in [0.05, 0.1) is 6.04 Å². The zero-order valence-corrected chi connectivity index (χ0v) is 13.3. The van der Waals surface area contributed by atoms with Crippen LogP contribution >= 0.6 is 0 Å². The zero-order chi connectivity index (χ0) is 15.2. The molecule has 0 saturated carbocycles. The molecule has 1 aromatic heterocycles. The summed E-state index contributed by atoms with van der Waals surface area (Å²) in [6, 6.07) is 4.34. The minimum absolute atomic E-state index is 0.250. The van der Waals surface area contributed by atoms with Crippen LogP contribution < -0.4 is 5.73 Å². The molecule has 1 fully saturated rings. The number of amides is 1. The van der Waals surface area contributed by atoms with Crippen molar-refractivity contribution >= 4 is 5.91 Å². The number of nitrogens with zero attached hydrogens (tertiary/aromatic N) is 1. The van der Waals surface area contributed by atoms with E-state index in [2.05, 4.69) is 29.8 Å². The van der Waals surface area contributed by atoms with E-state index in [9.17, 15) is 4.79 Å². The smallest absolute Gasteiger partial charge is 0.223 e. The van der Waals surface area contributed by atoms with Gasteiger partial charge in [-0.15, -0.1) is 0 Å². The Kier molecular flexibility index (Phi) is 5.85. The number of aromatic amines is 1. The number of rotatable bonds is 7. The van der Waals surface area contributed by atoms with E-state index < -0.39 is 0 Å². The first kappa shape index (κ1) is 16.1. The van der Waals surface area contributed by atoms with Crippen LogP contribution in [0.4, 0.5) is 0 Å². The van der Waals surface area contributed by atoms with E-state index in [-0.39, 0.29) is 6.04 Å². The molecule has 0 bridgehead atoms. The summed E-state index contributed by atoms with van der Waals surface area (Å²) in [5.41, 5.74) is 6.85. The SMILES string of the molecule is CC(C)C(CCN)CCC(=O)N1CCCC1c1ccc[nH]1. The van der Waals surface area contributed by atoms with Gasteiger partial charge in [-0.25, -0.2) is 0 Å². The Labute approximate surface area is 128 Å². The largest absolute Gasteiger partial charge is 0.363 e. The summed E-state index contributed by atoms with van der Waals surface area (Å²) < 4.78 is 0. The Hall–Kier alpha value is -1.29. The number of carbonyl (C=O) groups is 1. The highest BCUT2D eigenvalue weighted by Crippen LogP contribution is 2.32. The summed E-state index contributed by atoms with van der Waals surface area (Å²) in [4.78, 5) is 17.9. The lowest BCUT2D eigenvalue weighted by atomic mass is 9.88. The lowest BCUT2D eigenvalue weighted by Gasteiger charge is -2.26. The summed E-state index contributed by atoms with van der Waals surface area (Å²) in [5.74, 6) is 1.46. The van der Waals surface area contributed by atoms with Crippen molar-refractivity contribution in [2.75, 3.05) is 13.1 Å². The first-order chi connectivity index (χ1) is 10.1. The molecule has 0 spiro atoms. The van der Waals surface area contributed by atoms with E-state index in [4.69, 9.17) is 5.73 Å². The summed E-state index contributed by atoms with van der Waals surface area (Å²) in [7, 11) is 0. The fraction of sp³-hybridized carbons (Fsp3) is 0.706. The number of carbonyl (C=O) groups excluding carboxylic acids is 1. The van der Waals surface area contributed by atoms with Crippen molar-refractivity contribution in [1.29, 1.82) is 0 Å². The van der Waals surface area contributed by atoms with E-state index in [0.29, 0.717) is 30.7 Å². The fourth-order valence-corrected chi connectivity index (χ4v) is 3.42. The van der Waals surface area contributed by atoms with Crippen molar-refractivity contribution in [3.8, 4) is 0 Å². The van der Waals surface area contributed by atoms with Gasteiger partial charge in [-0.3, -0.25) is 4.79 Å². The molecule has 2 unspecified atom stereocenters. The van der Waals surface area contributed by atoms with Gasteiger partial charge in [0, 0.05) is 24.9 Å². The Morgan fingerprint density at radius 2 is 2.29 bits per heavy atom. The van der Waals surface area contributed by atoms with Crippen LogP contribution in [0.15, 0.2) is 18.3 Å². The second-order valence-corrected chi connectivity index (χ2v) is 6.49. The summed E-state index contributed by atoms with van der Waals surface area (Å²) in [5, 5.41) is 0. The predicted molar refractivity (Wildman–Crippen MR) is 85.7 cm³/mol. The highest BCUT2D eigenvalue weighted by molar-refractivity contribution is 5.77. The zero-order valence-electron chi connectivity index (χ0n) is 13.3. The number of nitrogens with one attached hydrogen (secondary N) is 1. The number of nitrogens with two attached hydrogens (primary N) is 1. The third-order valence-electron chi connectivity index (χ3n) is 4.76. The molecule has 0 aromatic carbocycles. The molecule has 1 aromatic rings. The number of H-pyrrole nitrogens is 1. The Morgan fingerprint density at radius 1 is 1.48 bits per heavy atom. The van der Waals surface area contributed by atoms with Crippen molar-refractivity contribution in [3.63, 3.8) is 0 Å². The maximum absolute atomic E-state index is 12.6. The number of hydrogen-bond acceptors (Lipinski definition) is 2. The van der Waals surface area contributed by atoms with Crippen molar-refractivity contribution in [2.45, 2.75) is 52.0 Å². The molecule has 1 aliphatic rings.